The van der Waals surface area contributed by atoms with E-state index in [-0.39, 0.29) is 25.0 Å². The normalized spacial score (nSPS) is 10.6. The Morgan fingerprint density at radius 3 is 2.48 bits per heavy atom. The van der Waals surface area contributed by atoms with Gasteiger partial charge in [-0.1, -0.05) is 18.2 Å². The maximum Gasteiger partial charge on any atom is 0.305 e. The highest BCUT2D eigenvalue weighted by Crippen LogP contribution is 2.23. The summed E-state index contributed by atoms with van der Waals surface area (Å²) >= 11 is 0. The molecule has 0 saturated heterocycles. The first-order valence-electron chi connectivity index (χ1n) is 8.60. The van der Waals surface area contributed by atoms with Crippen LogP contribution in [0.1, 0.15) is 43.0 Å². The van der Waals surface area contributed by atoms with Crippen LogP contribution in [0.15, 0.2) is 36.4 Å². The lowest BCUT2D eigenvalue weighted by molar-refractivity contribution is -0.143. The molecule has 0 amide bonds. The van der Waals surface area contributed by atoms with E-state index in [1.54, 1.807) is 6.92 Å². The maximum atomic E-state index is 12.3. The summed E-state index contributed by atoms with van der Waals surface area (Å²) < 4.78 is 10.3. The Balaban J connectivity index is 1.91. The van der Waals surface area contributed by atoms with Crippen LogP contribution in [0.4, 0.5) is 0 Å². The molecule has 0 aliphatic rings. The van der Waals surface area contributed by atoms with E-state index in [0.717, 1.165) is 10.8 Å². The lowest BCUT2D eigenvalue weighted by Crippen LogP contribution is -2.04. The van der Waals surface area contributed by atoms with E-state index in [0.29, 0.717) is 43.6 Å². The van der Waals surface area contributed by atoms with E-state index in [9.17, 15) is 9.59 Å². The Labute approximate surface area is 147 Å². The number of carbonyl (C=O) groups excluding carboxylic acids is 2. The quantitative estimate of drug-likeness (QED) is 0.406. The van der Waals surface area contributed by atoms with Crippen molar-refractivity contribution in [2.45, 2.75) is 32.6 Å². The molecule has 1 N–H and O–H groups in total. The van der Waals surface area contributed by atoms with Crippen molar-refractivity contribution in [3.63, 3.8) is 0 Å². The predicted octanol–water partition coefficient (Wildman–Crippen LogP) is 3.52. The Morgan fingerprint density at radius 1 is 1.00 bits per heavy atom. The standard InChI is InChI=1S/C20H24O5/c1-2-24-20(23)6-4-3-5-19(22)17-8-7-16-14-18(25-12-11-21)10-9-15(16)13-17/h7-10,13-14,21H,2-6,11-12H2,1H3. The number of hydrogen-bond donors (Lipinski definition) is 1. The van der Waals surface area contributed by atoms with E-state index < -0.39 is 0 Å². The average molecular weight is 344 g/mol. The number of rotatable bonds is 10. The van der Waals surface area contributed by atoms with E-state index in [4.69, 9.17) is 14.6 Å². The van der Waals surface area contributed by atoms with Crippen molar-refractivity contribution < 1.29 is 24.2 Å². The van der Waals surface area contributed by atoms with Crippen LogP contribution < -0.4 is 4.74 Å². The molecule has 0 bridgehead atoms. The molecule has 25 heavy (non-hydrogen) atoms. The molecule has 134 valence electrons. The first-order valence-corrected chi connectivity index (χ1v) is 8.60. The van der Waals surface area contributed by atoms with Gasteiger partial charge in [-0.3, -0.25) is 9.59 Å². The zero-order valence-corrected chi connectivity index (χ0v) is 14.5. The summed E-state index contributed by atoms with van der Waals surface area (Å²) in [7, 11) is 0. The smallest absolute Gasteiger partial charge is 0.305 e. The molecule has 0 unspecified atom stereocenters. The fourth-order valence-electron chi connectivity index (χ4n) is 2.58. The number of esters is 1. The minimum atomic E-state index is -0.208. The molecule has 2 aromatic rings. The third-order valence-corrected chi connectivity index (χ3v) is 3.83. The Morgan fingerprint density at radius 2 is 1.72 bits per heavy atom. The van der Waals surface area contributed by atoms with Crippen LogP contribution in [-0.2, 0) is 9.53 Å². The Bertz CT molecular complexity index is 723. The molecule has 0 spiro atoms. The van der Waals surface area contributed by atoms with E-state index >= 15 is 0 Å². The van der Waals surface area contributed by atoms with Crippen LogP contribution in [0.2, 0.25) is 0 Å². The van der Waals surface area contributed by atoms with E-state index in [1.165, 1.54) is 0 Å². The van der Waals surface area contributed by atoms with E-state index in [1.807, 2.05) is 36.4 Å². The topological polar surface area (TPSA) is 72.8 Å². The summed E-state index contributed by atoms with van der Waals surface area (Å²) in [6, 6.07) is 11.2. The van der Waals surface area contributed by atoms with Crippen molar-refractivity contribution in [3.05, 3.63) is 42.0 Å². The van der Waals surface area contributed by atoms with Gasteiger partial charge in [0.1, 0.15) is 12.4 Å². The molecule has 0 aliphatic heterocycles. The number of hydrogen-bond acceptors (Lipinski definition) is 5. The molecular weight excluding hydrogens is 320 g/mol. The van der Waals surface area contributed by atoms with Crippen LogP contribution in [-0.4, -0.2) is 36.7 Å². The van der Waals surface area contributed by atoms with Crippen molar-refractivity contribution in [2.24, 2.45) is 0 Å². The summed E-state index contributed by atoms with van der Waals surface area (Å²) in [4.78, 5) is 23.6. The number of carbonyl (C=O) groups is 2. The molecule has 0 heterocycles. The monoisotopic (exact) mass is 344 g/mol. The molecule has 2 rings (SSSR count). The zero-order chi connectivity index (χ0) is 18.1. The molecular formula is C20H24O5. The fraction of sp³-hybridized carbons (Fsp3) is 0.400. The highest BCUT2D eigenvalue weighted by Gasteiger charge is 2.08. The van der Waals surface area contributed by atoms with Gasteiger partial charge in [0.25, 0.3) is 0 Å². The van der Waals surface area contributed by atoms with Gasteiger partial charge in [0.2, 0.25) is 0 Å². The molecule has 2 aromatic carbocycles. The second-order valence-electron chi connectivity index (χ2n) is 5.73. The Kier molecular flexibility index (Phi) is 7.41. The summed E-state index contributed by atoms with van der Waals surface area (Å²) in [6.07, 6.45) is 2.10. The fourth-order valence-corrected chi connectivity index (χ4v) is 2.58. The van der Waals surface area contributed by atoms with Gasteiger partial charge in [0.15, 0.2) is 5.78 Å². The van der Waals surface area contributed by atoms with Gasteiger partial charge in [0, 0.05) is 18.4 Å². The maximum absolute atomic E-state index is 12.3. The second-order valence-corrected chi connectivity index (χ2v) is 5.73. The van der Waals surface area contributed by atoms with Gasteiger partial charge in [-0.25, -0.2) is 0 Å². The number of aliphatic hydroxyl groups is 1. The molecule has 5 nitrogen and oxygen atoms in total. The van der Waals surface area contributed by atoms with Crippen LogP contribution in [0.3, 0.4) is 0 Å². The van der Waals surface area contributed by atoms with Crippen molar-refractivity contribution in [3.8, 4) is 5.75 Å². The third-order valence-electron chi connectivity index (χ3n) is 3.83. The second kappa shape index (κ2) is 9.79. The summed E-state index contributed by atoms with van der Waals surface area (Å²) in [5.41, 5.74) is 0.674. The Hall–Kier alpha value is -2.40. The summed E-state index contributed by atoms with van der Waals surface area (Å²) in [5.74, 6) is 0.561. The van der Waals surface area contributed by atoms with Crippen molar-refractivity contribution in [1.82, 2.24) is 0 Å². The molecule has 0 radical (unpaired) electrons. The first-order chi connectivity index (χ1) is 12.1. The van der Waals surface area contributed by atoms with Gasteiger partial charge in [0.05, 0.1) is 13.2 Å². The minimum absolute atomic E-state index is 0.0261. The number of unbranched alkanes of at least 4 members (excludes halogenated alkanes) is 1. The minimum Gasteiger partial charge on any atom is -0.491 e. The number of ether oxygens (including phenoxy) is 2. The highest BCUT2D eigenvalue weighted by molar-refractivity contribution is 6.00. The van der Waals surface area contributed by atoms with Crippen LogP contribution in [0.25, 0.3) is 10.8 Å². The number of ketones is 1. The van der Waals surface area contributed by atoms with Gasteiger partial charge in [-0.05, 0) is 48.7 Å². The van der Waals surface area contributed by atoms with Crippen LogP contribution in [0.5, 0.6) is 5.75 Å². The van der Waals surface area contributed by atoms with E-state index in [2.05, 4.69) is 0 Å². The predicted molar refractivity (Wildman–Crippen MR) is 96.0 cm³/mol. The van der Waals surface area contributed by atoms with Crippen LogP contribution in [0, 0.1) is 0 Å². The molecule has 0 fully saturated rings. The van der Waals surface area contributed by atoms with Gasteiger partial charge >= 0.3 is 5.97 Å². The number of benzene rings is 2. The number of fused-ring (bicyclic) bond motifs is 1. The largest absolute Gasteiger partial charge is 0.491 e. The zero-order valence-electron chi connectivity index (χ0n) is 14.5. The van der Waals surface area contributed by atoms with Crippen LogP contribution >= 0.6 is 0 Å². The molecule has 0 saturated carbocycles. The molecule has 0 atom stereocenters. The van der Waals surface area contributed by atoms with Crippen molar-refractivity contribution >= 4 is 22.5 Å². The lowest BCUT2D eigenvalue weighted by Gasteiger charge is -2.07. The lowest BCUT2D eigenvalue weighted by atomic mass is 10.0. The van der Waals surface area contributed by atoms with Crippen molar-refractivity contribution in [1.29, 1.82) is 0 Å². The molecule has 5 heteroatoms. The SMILES string of the molecule is CCOC(=O)CCCCC(=O)c1ccc2cc(OCCO)ccc2c1. The highest BCUT2D eigenvalue weighted by atomic mass is 16.5. The number of Topliss-reactive ketones (excluding diaryl/α,β-unsaturated/α-hetero) is 1. The van der Waals surface area contributed by atoms with Gasteiger partial charge in [-0.2, -0.15) is 0 Å². The van der Waals surface area contributed by atoms with Gasteiger partial charge < -0.3 is 14.6 Å². The van der Waals surface area contributed by atoms with Gasteiger partial charge in [-0.15, -0.1) is 0 Å². The summed E-state index contributed by atoms with van der Waals surface area (Å²) in [5, 5.41) is 10.7. The first kappa shape index (κ1) is 18.9. The molecule has 0 aromatic heterocycles. The molecule has 0 aliphatic carbocycles. The number of aliphatic hydroxyl groups excluding tert-OH is 1. The third kappa shape index (κ3) is 5.87. The summed E-state index contributed by atoms with van der Waals surface area (Å²) in [6.45, 7) is 2.40. The average Bonchev–Trinajstić information content (AvgIpc) is 2.63. The van der Waals surface area contributed by atoms with Crippen molar-refractivity contribution in [2.75, 3.05) is 19.8 Å².